The first-order chi connectivity index (χ1) is 8.41. The van der Waals surface area contributed by atoms with E-state index >= 15 is 0 Å². The van der Waals surface area contributed by atoms with Gasteiger partial charge in [0, 0.05) is 5.56 Å². The molecule has 1 heterocycles. The van der Waals surface area contributed by atoms with Crippen molar-refractivity contribution >= 4 is 0 Å². The summed E-state index contributed by atoms with van der Waals surface area (Å²) in [6.45, 7) is 0. The van der Waals surface area contributed by atoms with Gasteiger partial charge in [0.1, 0.15) is 5.75 Å². The summed E-state index contributed by atoms with van der Waals surface area (Å²) in [5, 5.41) is 3.31. The van der Waals surface area contributed by atoms with E-state index in [1.807, 2.05) is 0 Å². The number of aromatic nitrogens is 2. The number of ether oxygens (including phenoxy) is 1. The fourth-order valence-electron chi connectivity index (χ4n) is 1.43. The minimum atomic E-state index is -4.56. The number of benzene rings is 1. The van der Waals surface area contributed by atoms with Gasteiger partial charge in [-0.3, -0.25) is 9.51 Å². The zero-order valence-electron chi connectivity index (χ0n) is 9.04. The summed E-state index contributed by atoms with van der Waals surface area (Å²) in [5.74, 6) is -1.22. The van der Waals surface area contributed by atoms with Crippen LogP contribution in [-0.4, -0.2) is 17.3 Å². The average Bonchev–Trinajstić information content (AvgIpc) is 2.74. The smallest absolute Gasteiger partial charge is 0.439 e. The maximum absolute atomic E-state index is 12.7. The third-order valence-corrected chi connectivity index (χ3v) is 2.22. The van der Waals surface area contributed by atoms with Gasteiger partial charge in [0.25, 0.3) is 0 Å². The van der Waals surface area contributed by atoms with E-state index in [-0.39, 0.29) is 17.1 Å². The van der Waals surface area contributed by atoms with Gasteiger partial charge in [-0.1, -0.05) is 5.16 Å². The average molecular weight is 260 g/mol. The molecule has 96 valence electrons. The molecule has 1 N–H and O–H groups in total. The molecule has 2 aromatic rings. The predicted molar refractivity (Wildman–Crippen MR) is 54.1 cm³/mol. The molecular formula is C10H7F3N2O3. The molecule has 1 aromatic carbocycles. The quantitative estimate of drug-likeness (QED) is 0.897. The molecule has 0 fully saturated rings. The van der Waals surface area contributed by atoms with Crippen molar-refractivity contribution in [2.24, 2.45) is 0 Å². The molecule has 0 saturated heterocycles. The van der Waals surface area contributed by atoms with E-state index < -0.39 is 17.5 Å². The Labute approximate surface area is 98.2 Å². The van der Waals surface area contributed by atoms with Crippen LogP contribution in [0.1, 0.15) is 5.56 Å². The second-order valence-electron chi connectivity index (χ2n) is 3.36. The van der Waals surface area contributed by atoms with Crippen LogP contribution in [0.5, 0.6) is 5.75 Å². The van der Waals surface area contributed by atoms with Crippen LogP contribution in [-0.2, 0) is 6.18 Å². The molecular weight excluding hydrogens is 253 g/mol. The predicted octanol–water partition coefficient (Wildman–Crippen LogP) is 2.06. The van der Waals surface area contributed by atoms with Gasteiger partial charge in [-0.2, -0.15) is 13.2 Å². The number of methoxy groups -OCH3 is 1. The lowest BCUT2D eigenvalue weighted by Gasteiger charge is -2.12. The summed E-state index contributed by atoms with van der Waals surface area (Å²) < 4.78 is 47.1. The highest BCUT2D eigenvalue weighted by Crippen LogP contribution is 2.37. The molecule has 18 heavy (non-hydrogen) atoms. The zero-order valence-corrected chi connectivity index (χ0v) is 9.04. The number of aromatic amines is 1. The third-order valence-electron chi connectivity index (χ3n) is 2.22. The summed E-state index contributed by atoms with van der Waals surface area (Å²) >= 11 is 0. The van der Waals surface area contributed by atoms with Gasteiger partial charge in [0.2, 0.25) is 0 Å². The highest BCUT2D eigenvalue weighted by molar-refractivity contribution is 5.58. The number of nitrogens with one attached hydrogen (secondary N) is 1. The first kappa shape index (κ1) is 12.2. The van der Waals surface area contributed by atoms with Gasteiger partial charge in [-0.25, -0.2) is 4.79 Å². The minimum Gasteiger partial charge on any atom is -0.496 e. The van der Waals surface area contributed by atoms with Gasteiger partial charge in [-0.05, 0) is 18.2 Å². The van der Waals surface area contributed by atoms with Crippen LogP contribution in [0, 0.1) is 0 Å². The number of H-pyrrole nitrogens is 1. The van der Waals surface area contributed by atoms with Gasteiger partial charge in [-0.15, -0.1) is 0 Å². The summed E-state index contributed by atoms with van der Waals surface area (Å²) in [6, 6.07) is 3.31. The van der Waals surface area contributed by atoms with Crippen molar-refractivity contribution in [1.29, 1.82) is 0 Å². The van der Waals surface area contributed by atoms with Crippen LogP contribution in [0.3, 0.4) is 0 Å². The number of halogens is 3. The Morgan fingerprint density at radius 3 is 2.61 bits per heavy atom. The lowest BCUT2D eigenvalue weighted by atomic mass is 10.1. The maximum atomic E-state index is 12.7. The Hall–Kier alpha value is -2.25. The normalized spacial score (nSPS) is 11.6. The van der Waals surface area contributed by atoms with Crippen LogP contribution in [0.15, 0.2) is 27.5 Å². The number of rotatable bonds is 2. The number of hydrogen-bond acceptors (Lipinski definition) is 4. The van der Waals surface area contributed by atoms with Crippen LogP contribution >= 0.6 is 0 Å². The Kier molecular flexibility index (Phi) is 2.85. The van der Waals surface area contributed by atoms with Crippen molar-refractivity contribution in [3.63, 3.8) is 0 Å². The van der Waals surface area contributed by atoms with E-state index in [0.717, 1.165) is 19.2 Å². The van der Waals surface area contributed by atoms with Crippen molar-refractivity contribution < 1.29 is 22.4 Å². The molecule has 0 spiro atoms. The Morgan fingerprint density at radius 1 is 1.39 bits per heavy atom. The SMILES string of the molecule is COc1ccc(-c2noc(=O)[nH]2)cc1C(F)(F)F. The molecule has 5 nitrogen and oxygen atoms in total. The van der Waals surface area contributed by atoms with Gasteiger partial charge in [0.15, 0.2) is 5.82 Å². The van der Waals surface area contributed by atoms with E-state index in [0.29, 0.717) is 0 Å². The van der Waals surface area contributed by atoms with Crippen LogP contribution < -0.4 is 10.5 Å². The lowest BCUT2D eigenvalue weighted by Crippen LogP contribution is -2.07. The molecule has 0 saturated carbocycles. The number of alkyl halides is 3. The summed E-state index contributed by atoms with van der Waals surface area (Å²) in [5.41, 5.74) is -0.875. The zero-order chi connectivity index (χ0) is 13.3. The largest absolute Gasteiger partial charge is 0.496 e. The molecule has 0 unspecified atom stereocenters. The maximum Gasteiger partial charge on any atom is 0.439 e. The molecule has 8 heteroatoms. The van der Waals surface area contributed by atoms with Crippen molar-refractivity contribution in [2.45, 2.75) is 6.18 Å². The van der Waals surface area contributed by atoms with E-state index in [4.69, 9.17) is 0 Å². The fourth-order valence-corrected chi connectivity index (χ4v) is 1.43. The monoisotopic (exact) mass is 260 g/mol. The topological polar surface area (TPSA) is 68.1 Å². The highest BCUT2D eigenvalue weighted by atomic mass is 19.4. The second-order valence-corrected chi connectivity index (χ2v) is 3.36. The molecule has 0 bridgehead atoms. The van der Waals surface area contributed by atoms with Crippen molar-refractivity contribution in [3.05, 3.63) is 34.3 Å². The van der Waals surface area contributed by atoms with E-state index in [2.05, 4.69) is 19.4 Å². The fraction of sp³-hybridized carbons (Fsp3) is 0.200. The summed E-state index contributed by atoms with van der Waals surface area (Å²) in [7, 11) is 1.14. The third kappa shape index (κ3) is 2.22. The van der Waals surface area contributed by atoms with Crippen LogP contribution in [0.4, 0.5) is 13.2 Å². The molecule has 0 aliphatic rings. The first-order valence-corrected chi connectivity index (χ1v) is 4.73. The van der Waals surface area contributed by atoms with Gasteiger partial charge >= 0.3 is 11.9 Å². The van der Waals surface area contributed by atoms with E-state index in [9.17, 15) is 18.0 Å². The van der Waals surface area contributed by atoms with E-state index in [1.165, 1.54) is 6.07 Å². The molecule has 0 amide bonds. The van der Waals surface area contributed by atoms with Crippen LogP contribution in [0.2, 0.25) is 0 Å². The second kappa shape index (κ2) is 4.21. The Morgan fingerprint density at radius 2 is 2.11 bits per heavy atom. The minimum absolute atomic E-state index is 0.0758. The summed E-state index contributed by atoms with van der Waals surface area (Å²) in [4.78, 5) is 12.9. The highest BCUT2D eigenvalue weighted by Gasteiger charge is 2.34. The van der Waals surface area contributed by atoms with Crippen molar-refractivity contribution in [2.75, 3.05) is 7.11 Å². The molecule has 0 aliphatic carbocycles. The molecule has 2 rings (SSSR count). The summed E-state index contributed by atoms with van der Waals surface area (Å²) in [6.07, 6.45) is -4.56. The van der Waals surface area contributed by atoms with E-state index in [1.54, 1.807) is 0 Å². The molecule has 0 radical (unpaired) electrons. The molecule has 0 aliphatic heterocycles. The lowest BCUT2D eigenvalue weighted by molar-refractivity contribution is -0.138. The first-order valence-electron chi connectivity index (χ1n) is 4.73. The van der Waals surface area contributed by atoms with Gasteiger partial charge < -0.3 is 4.74 Å². The number of hydrogen-bond donors (Lipinski definition) is 1. The van der Waals surface area contributed by atoms with Crippen LogP contribution in [0.25, 0.3) is 11.4 Å². The Bertz CT molecular complexity index is 615. The standard InChI is InChI=1S/C10H7F3N2O3/c1-17-7-3-2-5(4-6(7)10(11,12)13)8-14-9(16)18-15-8/h2-4H,1H3,(H,14,15,16). The Balaban J connectivity index is 2.56. The van der Waals surface area contributed by atoms with Crippen molar-refractivity contribution in [1.82, 2.24) is 10.1 Å². The van der Waals surface area contributed by atoms with Gasteiger partial charge in [0.05, 0.1) is 12.7 Å². The van der Waals surface area contributed by atoms with Crippen molar-refractivity contribution in [3.8, 4) is 17.1 Å². The molecule has 0 atom stereocenters. The molecule has 1 aromatic heterocycles. The number of nitrogens with zero attached hydrogens (tertiary/aromatic N) is 1.